The molecule has 0 unspecified atom stereocenters. The molecule has 13 heavy (non-hydrogen) atoms. The molecule has 4 heteroatoms. The summed E-state index contributed by atoms with van der Waals surface area (Å²) < 4.78 is 36.3. The van der Waals surface area contributed by atoms with Gasteiger partial charge in [0.1, 0.15) is 5.82 Å². The van der Waals surface area contributed by atoms with Crippen LogP contribution in [0.15, 0.2) is 24.3 Å². The van der Waals surface area contributed by atoms with Crippen LogP contribution >= 0.6 is 0 Å². The van der Waals surface area contributed by atoms with Crippen LogP contribution in [0.4, 0.5) is 13.2 Å². The van der Waals surface area contributed by atoms with Crippen LogP contribution in [-0.4, -0.2) is 12.2 Å². The van der Waals surface area contributed by atoms with Crippen LogP contribution in [0, 0.1) is 5.82 Å². The van der Waals surface area contributed by atoms with E-state index in [0.29, 0.717) is 0 Å². The fourth-order valence-electron chi connectivity index (χ4n) is 0.937. The number of halogens is 3. The fourth-order valence-corrected chi connectivity index (χ4v) is 0.937. The first-order valence-corrected chi connectivity index (χ1v) is 3.67. The minimum Gasteiger partial charge on any atom is -0.294 e. The Hall–Kier alpha value is -1.32. The molecule has 0 atom stereocenters. The van der Waals surface area contributed by atoms with Crippen LogP contribution in [0.2, 0.25) is 0 Å². The van der Waals surface area contributed by atoms with E-state index in [9.17, 15) is 18.0 Å². The van der Waals surface area contributed by atoms with Gasteiger partial charge in [0.15, 0.2) is 5.78 Å². The fraction of sp³-hybridized carbons (Fsp3) is 0.222. The molecule has 1 rings (SSSR count). The van der Waals surface area contributed by atoms with Crippen molar-refractivity contribution in [2.24, 2.45) is 0 Å². The van der Waals surface area contributed by atoms with Crippen LogP contribution in [0.5, 0.6) is 0 Å². The normalized spacial score (nSPS) is 10.5. The molecular formula is C9H7F3O. The van der Waals surface area contributed by atoms with Gasteiger partial charge in [-0.1, -0.05) is 12.1 Å². The quantitative estimate of drug-likeness (QED) is 0.666. The number of hydrogen-bond acceptors (Lipinski definition) is 1. The van der Waals surface area contributed by atoms with Gasteiger partial charge in [0, 0.05) is 0 Å². The monoisotopic (exact) mass is 188 g/mol. The Bertz CT molecular complexity index is 309. The van der Waals surface area contributed by atoms with Crippen molar-refractivity contribution in [2.45, 2.75) is 12.8 Å². The van der Waals surface area contributed by atoms with Gasteiger partial charge >= 0.3 is 0 Å². The van der Waals surface area contributed by atoms with Crippen molar-refractivity contribution in [3.8, 4) is 0 Å². The molecule has 0 radical (unpaired) electrons. The molecule has 70 valence electrons. The summed E-state index contributed by atoms with van der Waals surface area (Å²) in [5.74, 6) is -1.62. The van der Waals surface area contributed by atoms with Gasteiger partial charge in [-0.15, -0.1) is 0 Å². The van der Waals surface area contributed by atoms with Gasteiger partial charge in [-0.05, 0) is 12.1 Å². The van der Waals surface area contributed by atoms with Crippen LogP contribution in [0.25, 0.3) is 0 Å². The number of Topliss-reactive ketones (excluding diaryl/α,β-unsaturated/α-hetero) is 1. The third-order valence-electron chi connectivity index (χ3n) is 1.51. The van der Waals surface area contributed by atoms with Crippen molar-refractivity contribution in [3.05, 3.63) is 35.6 Å². The number of alkyl halides is 2. The lowest BCUT2D eigenvalue weighted by atomic mass is 10.1. The van der Waals surface area contributed by atoms with E-state index in [1.165, 1.54) is 18.2 Å². The summed E-state index contributed by atoms with van der Waals surface area (Å²) in [7, 11) is 0. The number of carbonyl (C=O) groups excluding carboxylic acids is 1. The number of benzene rings is 1. The number of hydrogen-bond donors (Lipinski definition) is 0. The van der Waals surface area contributed by atoms with Gasteiger partial charge in [0.2, 0.25) is 6.43 Å². The highest BCUT2D eigenvalue weighted by atomic mass is 19.3. The largest absolute Gasteiger partial charge is 0.294 e. The molecule has 0 bridgehead atoms. The van der Waals surface area contributed by atoms with E-state index in [1.807, 2.05) is 0 Å². The summed E-state index contributed by atoms with van der Waals surface area (Å²) in [4.78, 5) is 11.0. The van der Waals surface area contributed by atoms with Crippen LogP contribution in [-0.2, 0) is 0 Å². The smallest absolute Gasteiger partial charge is 0.245 e. The Morgan fingerprint density at radius 1 is 1.31 bits per heavy atom. The Labute approximate surface area is 73.2 Å². The average molecular weight is 188 g/mol. The summed E-state index contributed by atoms with van der Waals surface area (Å²) in [6.45, 7) is 0. The zero-order chi connectivity index (χ0) is 9.84. The molecule has 0 N–H and O–H groups in total. The lowest BCUT2D eigenvalue weighted by molar-refractivity contribution is 0.0826. The number of ketones is 1. The van der Waals surface area contributed by atoms with Gasteiger partial charge in [-0.2, -0.15) is 0 Å². The second-order valence-electron chi connectivity index (χ2n) is 2.50. The lowest BCUT2D eigenvalue weighted by Crippen LogP contribution is -2.06. The van der Waals surface area contributed by atoms with Gasteiger partial charge in [-0.3, -0.25) is 4.79 Å². The van der Waals surface area contributed by atoms with E-state index in [2.05, 4.69) is 0 Å². The first kappa shape index (κ1) is 9.77. The summed E-state index contributed by atoms with van der Waals surface area (Å²) in [6.07, 6.45) is -3.66. The maximum Gasteiger partial charge on any atom is 0.245 e. The molecule has 0 aromatic heterocycles. The maximum absolute atomic E-state index is 12.8. The topological polar surface area (TPSA) is 17.1 Å². The van der Waals surface area contributed by atoms with Gasteiger partial charge < -0.3 is 0 Å². The molecule has 0 aliphatic rings. The zero-order valence-corrected chi connectivity index (χ0v) is 6.64. The number of rotatable bonds is 3. The second kappa shape index (κ2) is 4.07. The highest BCUT2D eigenvalue weighted by Crippen LogP contribution is 2.11. The Balaban J connectivity index is 2.83. The Kier molecular flexibility index (Phi) is 3.06. The summed E-state index contributed by atoms with van der Waals surface area (Å²) in [5, 5.41) is 0. The summed E-state index contributed by atoms with van der Waals surface area (Å²) in [5.41, 5.74) is -0.275. The minimum atomic E-state index is -2.73. The molecule has 0 aliphatic carbocycles. The molecular weight excluding hydrogens is 181 g/mol. The SMILES string of the molecule is O=C(CC(F)F)c1ccccc1F. The van der Waals surface area contributed by atoms with Crippen molar-refractivity contribution < 1.29 is 18.0 Å². The first-order chi connectivity index (χ1) is 6.11. The van der Waals surface area contributed by atoms with Crippen molar-refractivity contribution in [2.75, 3.05) is 0 Å². The molecule has 0 spiro atoms. The van der Waals surface area contributed by atoms with Crippen molar-refractivity contribution in [3.63, 3.8) is 0 Å². The Morgan fingerprint density at radius 3 is 2.46 bits per heavy atom. The van der Waals surface area contributed by atoms with E-state index >= 15 is 0 Å². The molecule has 0 saturated heterocycles. The van der Waals surface area contributed by atoms with Gasteiger partial charge in [0.05, 0.1) is 12.0 Å². The van der Waals surface area contributed by atoms with Gasteiger partial charge in [-0.25, -0.2) is 13.2 Å². The van der Waals surface area contributed by atoms with E-state index in [-0.39, 0.29) is 5.56 Å². The minimum absolute atomic E-state index is 0.275. The average Bonchev–Trinajstić information content (AvgIpc) is 2.03. The summed E-state index contributed by atoms with van der Waals surface area (Å²) >= 11 is 0. The maximum atomic E-state index is 12.8. The third kappa shape index (κ3) is 2.57. The van der Waals surface area contributed by atoms with Gasteiger partial charge in [0.25, 0.3) is 0 Å². The summed E-state index contributed by atoms with van der Waals surface area (Å²) in [6, 6.07) is 5.09. The van der Waals surface area contributed by atoms with Crippen LogP contribution in [0.1, 0.15) is 16.8 Å². The standard InChI is InChI=1S/C9H7F3O/c10-7-4-2-1-3-6(7)8(13)5-9(11)12/h1-4,9H,5H2. The highest BCUT2D eigenvalue weighted by Gasteiger charge is 2.15. The molecule has 0 saturated carbocycles. The Morgan fingerprint density at radius 2 is 1.92 bits per heavy atom. The van der Waals surface area contributed by atoms with E-state index < -0.39 is 24.4 Å². The second-order valence-corrected chi connectivity index (χ2v) is 2.50. The lowest BCUT2D eigenvalue weighted by Gasteiger charge is -2.00. The van der Waals surface area contributed by atoms with E-state index in [0.717, 1.165) is 6.07 Å². The number of carbonyl (C=O) groups is 1. The first-order valence-electron chi connectivity index (χ1n) is 3.67. The van der Waals surface area contributed by atoms with Crippen molar-refractivity contribution >= 4 is 5.78 Å². The predicted octanol–water partition coefficient (Wildman–Crippen LogP) is 2.66. The molecule has 0 aliphatic heterocycles. The molecule has 1 aromatic carbocycles. The molecule has 0 heterocycles. The molecule has 1 nitrogen and oxygen atoms in total. The van der Waals surface area contributed by atoms with Crippen LogP contribution in [0.3, 0.4) is 0 Å². The molecule has 0 amide bonds. The van der Waals surface area contributed by atoms with E-state index in [4.69, 9.17) is 0 Å². The van der Waals surface area contributed by atoms with Crippen molar-refractivity contribution in [1.29, 1.82) is 0 Å². The molecule has 1 aromatic rings. The van der Waals surface area contributed by atoms with E-state index in [1.54, 1.807) is 0 Å². The molecule has 0 fully saturated rings. The van der Waals surface area contributed by atoms with Crippen LogP contribution < -0.4 is 0 Å². The predicted molar refractivity (Wildman–Crippen MR) is 41.4 cm³/mol. The third-order valence-corrected chi connectivity index (χ3v) is 1.51. The zero-order valence-electron chi connectivity index (χ0n) is 6.64. The van der Waals surface area contributed by atoms with Crippen molar-refractivity contribution in [1.82, 2.24) is 0 Å². The highest BCUT2D eigenvalue weighted by molar-refractivity contribution is 5.96.